The monoisotopic (exact) mass is 472 g/mol. The zero-order valence-corrected chi connectivity index (χ0v) is 19.3. The second-order valence-corrected chi connectivity index (χ2v) is 8.59. The van der Waals surface area contributed by atoms with Crippen molar-refractivity contribution in [3.8, 4) is 22.6 Å². The normalized spacial score (nSPS) is 11.1. The summed E-state index contributed by atoms with van der Waals surface area (Å²) < 4.78 is 11.3. The van der Waals surface area contributed by atoms with Gasteiger partial charge in [0.25, 0.3) is 5.91 Å². The van der Waals surface area contributed by atoms with E-state index in [0.29, 0.717) is 33.9 Å². The van der Waals surface area contributed by atoms with Crippen molar-refractivity contribution < 1.29 is 13.6 Å². The fourth-order valence-electron chi connectivity index (χ4n) is 4.15. The van der Waals surface area contributed by atoms with Crippen LogP contribution >= 0.6 is 0 Å². The van der Waals surface area contributed by atoms with E-state index < -0.39 is 5.63 Å². The summed E-state index contributed by atoms with van der Waals surface area (Å²) in [5, 5.41) is 3.72. The molecule has 0 unspecified atom stereocenters. The van der Waals surface area contributed by atoms with E-state index in [1.54, 1.807) is 48.5 Å². The van der Waals surface area contributed by atoms with Crippen molar-refractivity contribution in [3.05, 3.63) is 119 Å². The van der Waals surface area contributed by atoms with E-state index in [2.05, 4.69) is 10.3 Å². The summed E-state index contributed by atoms with van der Waals surface area (Å²) in [4.78, 5) is 30.1. The molecule has 36 heavy (non-hydrogen) atoms. The number of aryl methyl sites for hydroxylation is 1. The molecule has 6 nitrogen and oxygen atoms in total. The smallest absolute Gasteiger partial charge is 0.344 e. The van der Waals surface area contributed by atoms with Crippen molar-refractivity contribution in [3.63, 3.8) is 0 Å². The zero-order valence-electron chi connectivity index (χ0n) is 19.3. The minimum Gasteiger partial charge on any atom is -0.436 e. The number of hydrogen-bond donors (Lipinski definition) is 1. The molecule has 0 radical (unpaired) electrons. The van der Waals surface area contributed by atoms with Crippen LogP contribution < -0.4 is 10.9 Å². The Hall–Kier alpha value is -4.97. The summed E-state index contributed by atoms with van der Waals surface area (Å²) in [5.74, 6) is 0.238. The number of anilines is 1. The van der Waals surface area contributed by atoms with Gasteiger partial charge in [-0.15, -0.1) is 0 Å². The lowest BCUT2D eigenvalue weighted by Gasteiger charge is -2.08. The lowest BCUT2D eigenvalue weighted by Crippen LogP contribution is -2.12. The minimum atomic E-state index is -0.448. The Morgan fingerprint density at radius 1 is 0.778 bits per heavy atom. The first-order valence-electron chi connectivity index (χ1n) is 11.5. The van der Waals surface area contributed by atoms with Crippen molar-refractivity contribution in [1.82, 2.24) is 4.98 Å². The third-order valence-corrected chi connectivity index (χ3v) is 6.01. The number of rotatable bonds is 4. The van der Waals surface area contributed by atoms with Gasteiger partial charge >= 0.3 is 5.63 Å². The third kappa shape index (κ3) is 4.05. The molecule has 0 fully saturated rings. The maximum absolute atomic E-state index is 13.0. The number of benzene rings is 4. The van der Waals surface area contributed by atoms with Crippen LogP contribution in [0.1, 0.15) is 15.9 Å². The van der Waals surface area contributed by atoms with Crippen molar-refractivity contribution >= 4 is 33.7 Å². The topological polar surface area (TPSA) is 85.3 Å². The molecule has 6 aromatic rings. The number of oxazole rings is 1. The largest absolute Gasteiger partial charge is 0.436 e. The van der Waals surface area contributed by atoms with Gasteiger partial charge in [0, 0.05) is 22.2 Å². The van der Waals surface area contributed by atoms with Crippen molar-refractivity contribution in [1.29, 1.82) is 0 Å². The molecule has 0 saturated carbocycles. The number of aromatic nitrogens is 1. The maximum atomic E-state index is 13.0. The maximum Gasteiger partial charge on any atom is 0.344 e. The Labute approximate surface area is 205 Å². The van der Waals surface area contributed by atoms with Crippen LogP contribution in [0.2, 0.25) is 0 Å². The Morgan fingerprint density at radius 2 is 1.61 bits per heavy atom. The summed E-state index contributed by atoms with van der Waals surface area (Å²) in [5.41, 5.74) is 5.62. The number of hydrogen-bond acceptors (Lipinski definition) is 5. The summed E-state index contributed by atoms with van der Waals surface area (Å²) in [7, 11) is 0. The summed E-state index contributed by atoms with van der Waals surface area (Å²) in [6, 6.07) is 29.2. The highest BCUT2D eigenvalue weighted by atomic mass is 16.4. The Bertz CT molecular complexity index is 1810. The summed E-state index contributed by atoms with van der Waals surface area (Å²) in [6.45, 7) is 2.01. The zero-order chi connectivity index (χ0) is 24.6. The molecule has 1 amide bonds. The average Bonchev–Trinajstić information content (AvgIpc) is 3.32. The number of para-hydroxylation sites is 1. The molecule has 4 aromatic carbocycles. The minimum absolute atomic E-state index is 0.285. The van der Waals surface area contributed by atoms with Gasteiger partial charge in [-0.25, -0.2) is 9.78 Å². The van der Waals surface area contributed by atoms with E-state index in [9.17, 15) is 9.59 Å². The molecule has 2 aromatic heterocycles. The second kappa shape index (κ2) is 8.67. The third-order valence-electron chi connectivity index (χ3n) is 6.01. The molecule has 0 aliphatic rings. The van der Waals surface area contributed by atoms with Gasteiger partial charge in [0.1, 0.15) is 11.1 Å². The lowest BCUT2D eigenvalue weighted by molar-refractivity contribution is 0.102. The van der Waals surface area contributed by atoms with Crippen LogP contribution in [0.25, 0.3) is 44.7 Å². The van der Waals surface area contributed by atoms with Gasteiger partial charge in [0.15, 0.2) is 5.58 Å². The molecular weight excluding hydrogens is 452 g/mol. The molecule has 0 saturated heterocycles. The quantitative estimate of drug-likeness (QED) is 0.284. The van der Waals surface area contributed by atoms with E-state index in [0.717, 1.165) is 27.6 Å². The van der Waals surface area contributed by atoms with Crippen LogP contribution in [0.3, 0.4) is 0 Å². The van der Waals surface area contributed by atoms with Crippen molar-refractivity contribution in [2.45, 2.75) is 6.92 Å². The molecule has 174 valence electrons. The number of nitrogens with one attached hydrogen (secondary N) is 1. The number of fused-ring (bicyclic) bond motifs is 2. The molecule has 6 heteroatoms. The second-order valence-electron chi connectivity index (χ2n) is 8.59. The fraction of sp³-hybridized carbons (Fsp3) is 0.0333. The van der Waals surface area contributed by atoms with Crippen LogP contribution in [0.15, 0.2) is 111 Å². The Balaban J connectivity index is 1.23. The SMILES string of the molecule is Cc1ccc2oc(-c3ccc(NC(=O)c4cccc(-c5cc6ccccc6oc5=O)c4)cc3)nc2c1. The van der Waals surface area contributed by atoms with Crippen LogP contribution in [0, 0.1) is 6.92 Å². The predicted octanol–water partition coefficient (Wildman–Crippen LogP) is 6.83. The molecule has 1 N–H and O–H groups in total. The van der Waals surface area contributed by atoms with Gasteiger partial charge in [0.05, 0.1) is 5.56 Å². The lowest BCUT2D eigenvalue weighted by atomic mass is 10.0. The number of carbonyl (C=O) groups excluding carboxylic acids is 1. The molecule has 6 rings (SSSR count). The number of carbonyl (C=O) groups is 1. The first-order valence-corrected chi connectivity index (χ1v) is 11.5. The van der Waals surface area contributed by atoms with E-state index in [1.807, 2.05) is 55.5 Å². The molecule has 2 heterocycles. The molecule has 0 aliphatic carbocycles. The summed E-state index contributed by atoms with van der Waals surface area (Å²) in [6.07, 6.45) is 0. The van der Waals surface area contributed by atoms with Gasteiger partial charge < -0.3 is 14.2 Å². The van der Waals surface area contributed by atoms with Crippen molar-refractivity contribution in [2.24, 2.45) is 0 Å². The average molecular weight is 473 g/mol. The first-order chi connectivity index (χ1) is 17.5. The number of nitrogens with zero attached hydrogens (tertiary/aromatic N) is 1. The standard InChI is InChI=1S/C30H20N2O4/c1-18-9-14-27-25(15-18)32-29(35-27)19-10-12-23(13-11-19)31-28(33)22-7-4-6-20(16-22)24-17-21-5-2-3-8-26(21)36-30(24)34/h2-17H,1H3,(H,31,33). The van der Waals surface area contributed by atoms with Gasteiger partial charge in [-0.1, -0.05) is 36.4 Å². The molecule has 0 spiro atoms. The highest BCUT2D eigenvalue weighted by molar-refractivity contribution is 6.05. The highest BCUT2D eigenvalue weighted by Crippen LogP contribution is 2.27. The van der Waals surface area contributed by atoms with Gasteiger partial charge in [-0.3, -0.25) is 4.79 Å². The van der Waals surface area contributed by atoms with E-state index >= 15 is 0 Å². The first kappa shape index (κ1) is 21.6. The predicted molar refractivity (Wildman–Crippen MR) is 140 cm³/mol. The fourth-order valence-corrected chi connectivity index (χ4v) is 4.15. The number of amides is 1. The van der Waals surface area contributed by atoms with Crippen LogP contribution in [0.4, 0.5) is 5.69 Å². The molecule has 0 aliphatic heterocycles. The molecule has 0 atom stereocenters. The molecular formula is C30H20N2O4. The molecule has 0 bridgehead atoms. The van der Waals surface area contributed by atoms with Gasteiger partial charge in [-0.05, 0) is 78.7 Å². The van der Waals surface area contributed by atoms with E-state index in [-0.39, 0.29) is 5.91 Å². The van der Waals surface area contributed by atoms with Gasteiger partial charge in [-0.2, -0.15) is 0 Å². The summed E-state index contributed by atoms with van der Waals surface area (Å²) >= 11 is 0. The van der Waals surface area contributed by atoms with E-state index in [4.69, 9.17) is 8.83 Å². The van der Waals surface area contributed by atoms with Crippen LogP contribution in [0.5, 0.6) is 0 Å². The van der Waals surface area contributed by atoms with Crippen molar-refractivity contribution in [2.75, 3.05) is 5.32 Å². The Morgan fingerprint density at radius 3 is 2.47 bits per heavy atom. The highest BCUT2D eigenvalue weighted by Gasteiger charge is 2.13. The Kier molecular flexibility index (Phi) is 5.19. The van der Waals surface area contributed by atoms with Crippen LogP contribution in [-0.2, 0) is 0 Å². The van der Waals surface area contributed by atoms with Gasteiger partial charge in [0.2, 0.25) is 5.89 Å². The van der Waals surface area contributed by atoms with E-state index in [1.165, 1.54) is 0 Å². The van der Waals surface area contributed by atoms with Crippen LogP contribution in [-0.4, -0.2) is 10.9 Å².